The number of hydrogen-bond acceptors (Lipinski definition) is 7. The molecule has 8 nitrogen and oxygen atoms in total. The van der Waals surface area contributed by atoms with Gasteiger partial charge in [-0.1, -0.05) is 18.2 Å². The number of carbonyl (C=O) groups excluding carboxylic acids is 3. The van der Waals surface area contributed by atoms with Gasteiger partial charge in [-0.05, 0) is 66.6 Å². The second-order valence-corrected chi connectivity index (χ2v) is 8.50. The van der Waals surface area contributed by atoms with Gasteiger partial charge in [-0.2, -0.15) is 0 Å². The third kappa shape index (κ3) is 6.11. The zero-order valence-corrected chi connectivity index (χ0v) is 20.5. The Kier molecular flexibility index (Phi) is 8.59. The topological polar surface area (TPSA) is 94.2 Å². The molecule has 0 unspecified atom stereocenters. The summed E-state index contributed by atoms with van der Waals surface area (Å²) in [6.45, 7) is 4.58. The van der Waals surface area contributed by atoms with Crippen LogP contribution in [-0.4, -0.2) is 55.9 Å². The van der Waals surface area contributed by atoms with E-state index in [0.717, 1.165) is 33.5 Å². The Morgan fingerprint density at radius 2 is 1.82 bits per heavy atom. The number of nitrogens with zero attached hydrogens (tertiary/aromatic N) is 1. The summed E-state index contributed by atoms with van der Waals surface area (Å²) in [5, 5.41) is 2.40. The quantitative estimate of drug-likeness (QED) is 0.513. The molecule has 3 rings (SSSR count). The average molecular weight is 485 g/mol. The summed E-state index contributed by atoms with van der Waals surface area (Å²) >= 11 is 0.871. The molecule has 1 N–H and O–H groups in total. The van der Waals surface area contributed by atoms with Crippen molar-refractivity contribution in [3.63, 3.8) is 0 Å². The fourth-order valence-electron chi connectivity index (χ4n) is 3.42. The highest BCUT2D eigenvalue weighted by Gasteiger charge is 2.34. The molecule has 1 aliphatic heterocycles. The Morgan fingerprint density at radius 3 is 2.53 bits per heavy atom. The van der Waals surface area contributed by atoms with Gasteiger partial charge in [-0.3, -0.25) is 19.3 Å². The highest BCUT2D eigenvalue weighted by atomic mass is 32.2. The number of carbonyl (C=O) groups is 3. The van der Waals surface area contributed by atoms with E-state index in [-0.39, 0.29) is 36.6 Å². The number of thioether (sulfide) groups is 1. The molecule has 0 saturated carbocycles. The van der Waals surface area contributed by atoms with E-state index in [9.17, 15) is 14.4 Å². The maximum Gasteiger partial charge on any atom is 0.293 e. The molecule has 2 aromatic carbocycles. The van der Waals surface area contributed by atoms with Crippen molar-refractivity contribution in [2.45, 2.75) is 20.3 Å². The fraction of sp³-hybridized carbons (Fsp3) is 0.320. The molecule has 1 fully saturated rings. The van der Waals surface area contributed by atoms with Crippen LogP contribution in [0.15, 0.2) is 41.3 Å². The van der Waals surface area contributed by atoms with Crippen LogP contribution in [0.2, 0.25) is 0 Å². The zero-order valence-electron chi connectivity index (χ0n) is 19.7. The van der Waals surface area contributed by atoms with Crippen LogP contribution in [0.3, 0.4) is 0 Å². The lowest BCUT2D eigenvalue weighted by atomic mass is 10.1. The number of rotatable bonds is 10. The molecule has 9 heteroatoms. The number of benzene rings is 2. The molecular weight excluding hydrogens is 456 g/mol. The predicted molar refractivity (Wildman–Crippen MR) is 131 cm³/mol. The van der Waals surface area contributed by atoms with E-state index in [1.54, 1.807) is 38.5 Å². The van der Waals surface area contributed by atoms with Crippen molar-refractivity contribution in [2.24, 2.45) is 0 Å². The second kappa shape index (κ2) is 11.6. The van der Waals surface area contributed by atoms with Crippen LogP contribution in [0.5, 0.6) is 17.2 Å². The minimum atomic E-state index is -0.389. The fourth-order valence-corrected chi connectivity index (χ4v) is 4.29. The summed E-state index contributed by atoms with van der Waals surface area (Å²) in [5.41, 5.74) is 2.52. The van der Waals surface area contributed by atoms with Gasteiger partial charge in [0.2, 0.25) is 5.91 Å². The number of ether oxygens (including phenoxy) is 3. The van der Waals surface area contributed by atoms with Gasteiger partial charge in [0, 0.05) is 13.1 Å². The molecule has 0 spiro atoms. The molecule has 0 radical (unpaired) electrons. The van der Waals surface area contributed by atoms with Gasteiger partial charge >= 0.3 is 0 Å². The first-order chi connectivity index (χ1) is 16.4. The summed E-state index contributed by atoms with van der Waals surface area (Å²) in [7, 11) is 3.13. The molecule has 0 aromatic heterocycles. The van der Waals surface area contributed by atoms with Crippen molar-refractivity contribution in [1.29, 1.82) is 0 Å². The summed E-state index contributed by atoms with van der Waals surface area (Å²) in [5.74, 6) is 1.29. The van der Waals surface area contributed by atoms with E-state index in [4.69, 9.17) is 14.2 Å². The van der Waals surface area contributed by atoms with Crippen LogP contribution >= 0.6 is 11.8 Å². The lowest BCUT2D eigenvalue weighted by Gasteiger charge is -2.13. The molecular formula is C25H28N2O6S. The van der Waals surface area contributed by atoms with E-state index >= 15 is 0 Å². The molecule has 3 amide bonds. The smallest absolute Gasteiger partial charge is 0.293 e. The SMILES string of the molecule is CCOc1ccc(/C=C2\SC(=O)N(CCNC(=O)Cc3ccc(C)c(OC)c3)C2=O)cc1OC. The van der Waals surface area contributed by atoms with Gasteiger partial charge in [-0.25, -0.2) is 0 Å². The molecule has 34 heavy (non-hydrogen) atoms. The maximum absolute atomic E-state index is 12.7. The minimum absolute atomic E-state index is 0.0948. The van der Waals surface area contributed by atoms with Crippen LogP contribution in [-0.2, 0) is 16.0 Å². The van der Waals surface area contributed by atoms with E-state index in [1.807, 2.05) is 32.0 Å². The number of methoxy groups -OCH3 is 2. The summed E-state index contributed by atoms with van der Waals surface area (Å²) in [4.78, 5) is 38.9. The Bertz CT molecular complexity index is 1110. The zero-order chi connectivity index (χ0) is 24.7. The molecule has 1 aliphatic rings. The van der Waals surface area contributed by atoms with Crippen molar-refractivity contribution >= 4 is 34.9 Å². The standard InChI is InChI=1S/C25H28N2O6S/c1-5-33-19-9-8-17(13-21(19)32-4)14-22-24(29)27(25(30)34-22)11-10-26-23(28)15-18-7-6-16(2)20(12-18)31-3/h6-9,12-14H,5,10-11,15H2,1-4H3,(H,26,28)/b22-14-. The summed E-state index contributed by atoms with van der Waals surface area (Å²) in [6, 6.07) is 10.9. The van der Waals surface area contributed by atoms with Crippen molar-refractivity contribution < 1.29 is 28.6 Å². The van der Waals surface area contributed by atoms with Gasteiger partial charge in [-0.15, -0.1) is 0 Å². The average Bonchev–Trinajstić information content (AvgIpc) is 3.08. The minimum Gasteiger partial charge on any atom is -0.496 e. The molecule has 1 saturated heterocycles. The summed E-state index contributed by atoms with van der Waals surface area (Å²) < 4.78 is 16.1. The number of amides is 3. The largest absolute Gasteiger partial charge is 0.496 e. The normalized spacial score (nSPS) is 14.5. The first-order valence-corrected chi connectivity index (χ1v) is 11.6. The van der Waals surface area contributed by atoms with Gasteiger partial charge in [0.15, 0.2) is 11.5 Å². The Balaban J connectivity index is 1.57. The number of aryl methyl sites for hydroxylation is 1. The van der Waals surface area contributed by atoms with Crippen LogP contribution in [0.25, 0.3) is 6.08 Å². The molecule has 0 bridgehead atoms. The van der Waals surface area contributed by atoms with Gasteiger partial charge in [0.1, 0.15) is 5.75 Å². The van der Waals surface area contributed by atoms with Crippen molar-refractivity contribution in [3.8, 4) is 17.2 Å². The second-order valence-electron chi connectivity index (χ2n) is 7.51. The van der Waals surface area contributed by atoms with Crippen molar-refractivity contribution in [2.75, 3.05) is 33.9 Å². The molecule has 2 aromatic rings. The van der Waals surface area contributed by atoms with Crippen LogP contribution < -0.4 is 19.5 Å². The number of hydrogen-bond donors (Lipinski definition) is 1. The maximum atomic E-state index is 12.7. The third-order valence-corrected chi connectivity index (χ3v) is 6.06. The Morgan fingerprint density at radius 1 is 1.06 bits per heavy atom. The van der Waals surface area contributed by atoms with E-state index in [1.165, 1.54) is 0 Å². The number of nitrogens with one attached hydrogen (secondary N) is 1. The lowest BCUT2D eigenvalue weighted by molar-refractivity contribution is -0.124. The number of imide groups is 1. The molecule has 0 atom stereocenters. The summed E-state index contributed by atoms with van der Waals surface area (Å²) in [6.07, 6.45) is 1.82. The first kappa shape index (κ1) is 25.2. The highest BCUT2D eigenvalue weighted by Crippen LogP contribution is 2.34. The predicted octanol–water partition coefficient (Wildman–Crippen LogP) is 3.81. The molecule has 1 heterocycles. The van der Waals surface area contributed by atoms with Crippen LogP contribution in [0.4, 0.5) is 4.79 Å². The van der Waals surface area contributed by atoms with Crippen molar-refractivity contribution in [3.05, 3.63) is 58.0 Å². The van der Waals surface area contributed by atoms with Gasteiger partial charge in [0.05, 0.1) is 32.2 Å². The van der Waals surface area contributed by atoms with Gasteiger partial charge in [0.25, 0.3) is 11.1 Å². The first-order valence-electron chi connectivity index (χ1n) is 10.8. The third-order valence-electron chi connectivity index (χ3n) is 5.15. The Hall–Kier alpha value is -3.46. The van der Waals surface area contributed by atoms with Crippen molar-refractivity contribution in [1.82, 2.24) is 10.2 Å². The van der Waals surface area contributed by atoms with Gasteiger partial charge < -0.3 is 19.5 Å². The Labute approximate surface area is 203 Å². The lowest BCUT2D eigenvalue weighted by Crippen LogP contribution is -2.37. The van der Waals surface area contributed by atoms with E-state index in [0.29, 0.717) is 28.6 Å². The highest BCUT2D eigenvalue weighted by molar-refractivity contribution is 8.18. The monoisotopic (exact) mass is 484 g/mol. The van der Waals surface area contributed by atoms with Crippen LogP contribution in [0, 0.1) is 6.92 Å². The molecule has 0 aliphatic carbocycles. The van der Waals surface area contributed by atoms with Crippen LogP contribution in [0.1, 0.15) is 23.6 Å². The van der Waals surface area contributed by atoms with E-state index in [2.05, 4.69) is 5.32 Å². The molecule has 180 valence electrons. The van der Waals surface area contributed by atoms with E-state index < -0.39 is 0 Å².